The van der Waals surface area contributed by atoms with E-state index in [1.807, 2.05) is 0 Å². The zero-order chi connectivity index (χ0) is 37.9. The molecule has 2 aromatic heterocycles. The van der Waals surface area contributed by atoms with E-state index in [2.05, 4.69) is 219 Å². The van der Waals surface area contributed by atoms with Crippen LogP contribution in [0.2, 0.25) is 0 Å². The van der Waals surface area contributed by atoms with Gasteiger partial charge in [0.25, 0.3) is 0 Å². The number of aryl methyl sites for hydroxylation is 4. The summed E-state index contributed by atoms with van der Waals surface area (Å²) in [5, 5.41) is 5.19. The maximum atomic E-state index is 2.43. The van der Waals surface area contributed by atoms with Crippen molar-refractivity contribution in [1.29, 1.82) is 0 Å². The lowest BCUT2D eigenvalue weighted by molar-refractivity contribution is 1.18. The first-order valence-corrected chi connectivity index (χ1v) is 19.5. The van der Waals surface area contributed by atoms with Gasteiger partial charge in [-0.2, -0.15) is 0 Å². The van der Waals surface area contributed by atoms with Gasteiger partial charge in [-0.3, -0.25) is 0 Å². The number of aromatic nitrogens is 2. The third kappa shape index (κ3) is 5.82. The first-order valence-electron chi connectivity index (χ1n) is 19.5. The van der Waals surface area contributed by atoms with E-state index in [9.17, 15) is 0 Å². The summed E-state index contributed by atoms with van der Waals surface area (Å²) < 4.78 is 4.83. The maximum absolute atomic E-state index is 2.43. The number of rotatable bonds is 6. The molecule has 0 saturated heterocycles. The lowest BCUT2D eigenvalue weighted by atomic mass is 10.0. The van der Waals surface area contributed by atoms with Crippen molar-refractivity contribution in [3.05, 3.63) is 203 Å². The lowest BCUT2D eigenvalue weighted by Gasteiger charge is -2.14. The van der Waals surface area contributed by atoms with Crippen LogP contribution in [0.1, 0.15) is 33.4 Å². The SMILES string of the molecule is Cc1ccc2c(c1)c1cc(C)ccc1n2-c1cccc(-c2ccc(/C=C/c3ccc(-c4ccccc4-n4c5ccc(C)cc5c5cc(C)ccc54)cc3)cc2)c1. The summed E-state index contributed by atoms with van der Waals surface area (Å²) >= 11 is 0. The Morgan fingerprint density at radius 1 is 0.339 bits per heavy atom. The number of para-hydroxylation sites is 1. The Labute approximate surface area is 328 Å². The fourth-order valence-electron chi connectivity index (χ4n) is 8.53. The van der Waals surface area contributed by atoms with Crippen molar-refractivity contribution in [2.45, 2.75) is 27.7 Å². The predicted octanol–water partition coefficient (Wildman–Crippen LogP) is 14.6. The van der Waals surface area contributed by atoms with Gasteiger partial charge in [0.15, 0.2) is 0 Å². The number of hydrogen-bond acceptors (Lipinski definition) is 0. The topological polar surface area (TPSA) is 9.86 Å². The van der Waals surface area contributed by atoms with E-state index < -0.39 is 0 Å². The summed E-state index contributed by atoms with van der Waals surface area (Å²) in [7, 11) is 0. The molecule has 268 valence electrons. The fraction of sp³-hybridized carbons (Fsp3) is 0.0741. The van der Waals surface area contributed by atoms with Gasteiger partial charge in [-0.05, 0) is 122 Å². The summed E-state index contributed by atoms with van der Waals surface area (Å²) in [6, 6.07) is 62.7. The van der Waals surface area contributed by atoms with E-state index in [1.165, 1.54) is 111 Å². The Morgan fingerprint density at radius 3 is 1.29 bits per heavy atom. The van der Waals surface area contributed by atoms with E-state index in [0.29, 0.717) is 0 Å². The Balaban J connectivity index is 0.922. The molecule has 10 aromatic rings. The molecule has 8 aromatic carbocycles. The van der Waals surface area contributed by atoms with Crippen LogP contribution in [0.15, 0.2) is 170 Å². The Hall–Kier alpha value is -6.90. The van der Waals surface area contributed by atoms with E-state index in [-0.39, 0.29) is 0 Å². The van der Waals surface area contributed by atoms with Crippen molar-refractivity contribution in [2.24, 2.45) is 0 Å². The average molecular weight is 719 g/mol. The summed E-state index contributed by atoms with van der Waals surface area (Å²) in [5.41, 5.74) is 19.6. The zero-order valence-electron chi connectivity index (χ0n) is 32.2. The highest BCUT2D eigenvalue weighted by molar-refractivity contribution is 6.11. The van der Waals surface area contributed by atoms with Crippen LogP contribution >= 0.6 is 0 Å². The van der Waals surface area contributed by atoms with Crippen molar-refractivity contribution in [1.82, 2.24) is 9.13 Å². The van der Waals surface area contributed by atoms with Crippen molar-refractivity contribution in [3.8, 4) is 33.6 Å². The van der Waals surface area contributed by atoms with Crippen LogP contribution < -0.4 is 0 Å². The molecule has 0 spiro atoms. The number of fused-ring (bicyclic) bond motifs is 6. The van der Waals surface area contributed by atoms with Crippen molar-refractivity contribution < 1.29 is 0 Å². The normalized spacial score (nSPS) is 11.9. The van der Waals surface area contributed by atoms with Gasteiger partial charge in [-0.25, -0.2) is 0 Å². The van der Waals surface area contributed by atoms with Crippen molar-refractivity contribution in [3.63, 3.8) is 0 Å². The molecule has 0 amide bonds. The molecule has 0 bridgehead atoms. The highest BCUT2D eigenvalue weighted by Gasteiger charge is 2.16. The quantitative estimate of drug-likeness (QED) is 0.152. The molecule has 0 atom stereocenters. The Morgan fingerprint density at radius 2 is 0.786 bits per heavy atom. The number of nitrogens with zero attached hydrogens (tertiary/aromatic N) is 2. The van der Waals surface area contributed by atoms with Crippen LogP contribution in [0.4, 0.5) is 0 Å². The Bertz CT molecular complexity index is 3030. The molecule has 2 heteroatoms. The Kier molecular flexibility index (Phi) is 8.08. The van der Waals surface area contributed by atoms with Gasteiger partial charge >= 0.3 is 0 Å². The van der Waals surface area contributed by atoms with Crippen molar-refractivity contribution in [2.75, 3.05) is 0 Å². The maximum Gasteiger partial charge on any atom is 0.0541 e. The van der Waals surface area contributed by atoms with E-state index >= 15 is 0 Å². The molecule has 0 aliphatic heterocycles. The third-order valence-corrected chi connectivity index (χ3v) is 11.3. The van der Waals surface area contributed by atoms with Gasteiger partial charge in [0, 0.05) is 32.8 Å². The van der Waals surface area contributed by atoms with Crippen LogP contribution in [-0.2, 0) is 0 Å². The molecule has 0 aliphatic carbocycles. The molecule has 56 heavy (non-hydrogen) atoms. The summed E-state index contributed by atoms with van der Waals surface area (Å²) in [5.74, 6) is 0. The second-order valence-corrected chi connectivity index (χ2v) is 15.4. The molecular formula is C54H42N2. The summed E-state index contributed by atoms with van der Waals surface area (Å²) in [4.78, 5) is 0. The van der Waals surface area contributed by atoms with Crippen LogP contribution in [0, 0.1) is 27.7 Å². The van der Waals surface area contributed by atoms with Crippen LogP contribution in [0.5, 0.6) is 0 Å². The van der Waals surface area contributed by atoms with Gasteiger partial charge in [0.1, 0.15) is 0 Å². The smallest absolute Gasteiger partial charge is 0.0541 e. The molecule has 0 N–H and O–H groups in total. The van der Waals surface area contributed by atoms with Crippen LogP contribution in [-0.4, -0.2) is 9.13 Å². The highest BCUT2D eigenvalue weighted by atomic mass is 15.0. The number of benzene rings is 8. The molecule has 0 unspecified atom stereocenters. The average Bonchev–Trinajstić information content (AvgIpc) is 3.71. The predicted molar refractivity (Wildman–Crippen MR) is 240 cm³/mol. The van der Waals surface area contributed by atoms with E-state index in [4.69, 9.17) is 0 Å². The minimum atomic E-state index is 1.17. The van der Waals surface area contributed by atoms with E-state index in [1.54, 1.807) is 0 Å². The van der Waals surface area contributed by atoms with Crippen LogP contribution in [0.3, 0.4) is 0 Å². The van der Waals surface area contributed by atoms with Crippen molar-refractivity contribution >= 4 is 55.8 Å². The minimum absolute atomic E-state index is 1.17. The third-order valence-electron chi connectivity index (χ3n) is 11.3. The standard InChI is InChI=1S/C54H42N2/c1-35-12-26-51-46(30-35)47-31-36(2)13-27-52(47)55(51)44-9-7-8-43(34-44)41-22-18-39(19-23-41)16-17-40-20-24-42(25-21-40)45-10-5-6-11-50(45)56-53-28-14-37(3)32-48(53)49-33-38(4)15-29-54(49)56/h5-34H,1-4H3/b17-16+. The molecule has 2 nitrogen and oxygen atoms in total. The first-order chi connectivity index (χ1) is 27.4. The largest absolute Gasteiger partial charge is 0.309 e. The fourth-order valence-corrected chi connectivity index (χ4v) is 8.53. The first kappa shape index (κ1) is 33.7. The minimum Gasteiger partial charge on any atom is -0.309 e. The van der Waals surface area contributed by atoms with Gasteiger partial charge in [-0.15, -0.1) is 0 Å². The van der Waals surface area contributed by atoms with Gasteiger partial charge in [-0.1, -0.05) is 138 Å². The second-order valence-electron chi connectivity index (χ2n) is 15.4. The zero-order valence-corrected chi connectivity index (χ0v) is 32.2. The summed E-state index contributed by atoms with van der Waals surface area (Å²) in [6.45, 7) is 8.69. The second kappa shape index (κ2) is 13.4. The molecular weight excluding hydrogens is 677 g/mol. The monoisotopic (exact) mass is 718 g/mol. The molecule has 2 heterocycles. The molecule has 0 fully saturated rings. The van der Waals surface area contributed by atoms with Gasteiger partial charge in [0.05, 0.1) is 27.8 Å². The summed E-state index contributed by atoms with van der Waals surface area (Å²) in [6.07, 6.45) is 4.40. The number of hydrogen-bond donors (Lipinski definition) is 0. The molecule has 0 radical (unpaired) electrons. The molecule has 0 saturated carbocycles. The van der Waals surface area contributed by atoms with Gasteiger partial charge in [0.2, 0.25) is 0 Å². The van der Waals surface area contributed by atoms with E-state index in [0.717, 1.165) is 0 Å². The van der Waals surface area contributed by atoms with Crippen LogP contribution in [0.25, 0.3) is 89.4 Å². The van der Waals surface area contributed by atoms with Gasteiger partial charge < -0.3 is 9.13 Å². The molecule has 10 rings (SSSR count). The highest BCUT2D eigenvalue weighted by Crippen LogP contribution is 2.38. The molecule has 0 aliphatic rings. The lowest BCUT2D eigenvalue weighted by Crippen LogP contribution is -1.97.